The Bertz CT molecular complexity index is 784. The number of primary amides is 1. The predicted molar refractivity (Wildman–Crippen MR) is 78.2 cm³/mol. The highest BCUT2D eigenvalue weighted by Gasteiger charge is 2.26. The lowest BCUT2D eigenvalue weighted by Crippen LogP contribution is -2.27. The molecule has 2 N–H and O–H groups in total. The van der Waals surface area contributed by atoms with Gasteiger partial charge in [0, 0.05) is 11.6 Å². The van der Waals surface area contributed by atoms with E-state index in [0.29, 0.717) is 5.56 Å². The van der Waals surface area contributed by atoms with Crippen LogP contribution in [0.4, 0.5) is 4.39 Å². The summed E-state index contributed by atoms with van der Waals surface area (Å²) in [5.74, 6) is -2.20. The predicted octanol–water partition coefficient (Wildman–Crippen LogP) is 1.78. The molecule has 0 unspecified atom stereocenters. The molecule has 1 amide bonds. The summed E-state index contributed by atoms with van der Waals surface area (Å²) in [6.07, 6.45) is -1.38. The maximum atomic E-state index is 13.0. The highest BCUT2D eigenvalue weighted by Crippen LogP contribution is 2.21. The molecule has 0 aliphatic heterocycles. The van der Waals surface area contributed by atoms with Gasteiger partial charge in [0.1, 0.15) is 17.1 Å². The molecule has 0 aliphatic rings. The Hall–Kier alpha value is -2.96. The maximum Gasteiger partial charge on any atom is 0.342 e. The minimum absolute atomic E-state index is 0.0398. The summed E-state index contributed by atoms with van der Waals surface area (Å²) in [5, 5.41) is 0. The molecule has 1 atom stereocenters. The average Bonchev–Trinajstić information content (AvgIpc) is 2.44. The zero-order valence-electron chi connectivity index (χ0n) is 12.5. The van der Waals surface area contributed by atoms with E-state index in [1.54, 1.807) is 0 Å². The summed E-state index contributed by atoms with van der Waals surface area (Å²) in [5.41, 5.74) is 5.28. The van der Waals surface area contributed by atoms with E-state index < -0.39 is 29.4 Å². The number of ether oxygens (including phenoxy) is 1. The van der Waals surface area contributed by atoms with E-state index in [-0.39, 0.29) is 16.9 Å². The first kappa shape index (κ1) is 16.4. The molecule has 120 valence electrons. The van der Waals surface area contributed by atoms with Crippen LogP contribution in [0.25, 0.3) is 0 Å². The molecule has 0 saturated carbocycles. The smallest absolute Gasteiger partial charge is 0.342 e. The quantitative estimate of drug-likeness (QED) is 0.866. The molecule has 1 aromatic heterocycles. The van der Waals surface area contributed by atoms with Crippen molar-refractivity contribution in [3.05, 3.63) is 69.0 Å². The van der Waals surface area contributed by atoms with Crippen molar-refractivity contribution in [1.29, 1.82) is 0 Å². The van der Waals surface area contributed by atoms with E-state index >= 15 is 0 Å². The fraction of sp³-hybridized carbons (Fsp3) is 0.188. The van der Waals surface area contributed by atoms with Crippen molar-refractivity contribution in [2.45, 2.75) is 20.0 Å². The molecule has 2 rings (SSSR count). The van der Waals surface area contributed by atoms with Crippen molar-refractivity contribution < 1.29 is 23.1 Å². The minimum Gasteiger partial charge on any atom is -0.444 e. The number of aryl methyl sites for hydroxylation is 2. The Morgan fingerprint density at radius 2 is 1.83 bits per heavy atom. The van der Waals surface area contributed by atoms with Crippen LogP contribution in [-0.4, -0.2) is 11.9 Å². The number of esters is 1. The van der Waals surface area contributed by atoms with Gasteiger partial charge in [0.25, 0.3) is 5.91 Å². The van der Waals surface area contributed by atoms with Gasteiger partial charge in [0.05, 0.1) is 0 Å². The van der Waals surface area contributed by atoms with E-state index in [9.17, 15) is 18.8 Å². The number of carbonyl (C=O) groups is 2. The average molecular weight is 319 g/mol. The van der Waals surface area contributed by atoms with Gasteiger partial charge in [-0.15, -0.1) is 0 Å². The molecule has 6 nitrogen and oxygen atoms in total. The normalized spacial score (nSPS) is 11.8. The largest absolute Gasteiger partial charge is 0.444 e. The molecule has 0 aliphatic carbocycles. The zero-order valence-corrected chi connectivity index (χ0v) is 12.5. The molecule has 7 heteroatoms. The van der Waals surface area contributed by atoms with Gasteiger partial charge in [-0.05, 0) is 31.5 Å². The third-order valence-electron chi connectivity index (χ3n) is 3.19. The second-order valence-corrected chi connectivity index (χ2v) is 4.92. The van der Waals surface area contributed by atoms with E-state index in [1.165, 1.54) is 26.0 Å². The van der Waals surface area contributed by atoms with Gasteiger partial charge in [-0.2, -0.15) is 0 Å². The Morgan fingerprint density at radius 3 is 2.35 bits per heavy atom. The van der Waals surface area contributed by atoms with E-state index in [4.69, 9.17) is 14.9 Å². The number of benzene rings is 1. The van der Waals surface area contributed by atoms with Crippen LogP contribution in [0.2, 0.25) is 0 Å². The van der Waals surface area contributed by atoms with Crippen molar-refractivity contribution in [1.82, 2.24) is 0 Å². The molecule has 0 spiro atoms. The Kier molecular flexibility index (Phi) is 4.59. The van der Waals surface area contributed by atoms with Crippen molar-refractivity contribution >= 4 is 11.9 Å². The van der Waals surface area contributed by atoms with Gasteiger partial charge in [-0.1, -0.05) is 12.1 Å². The lowest BCUT2D eigenvalue weighted by atomic mass is 10.1. The number of hydrogen-bond acceptors (Lipinski definition) is 5. The molecular formula is C16H14FNO5. The van der Waals surface area contributed by atoms with Gasteiger partial charge >= 0.3 is 11.6 Å². The minimum atomic E-state index is -1.38. The lowest BCUT2D eigenvalue weighted by Gasteiger charge is -2.16. The summed E-state index contributed by atoms with van der Waals surface area (Å²) in [7, 11) is 0. The molecule has 1 aromatic carbocycles. The Morgan fingerprint density at radius 1 is 1.22 bits per heavy atom. The van der Waals surface area contributed by atoms with Crippen LogP contribution < -0.4 is 11.4 Å². The summed E-state index contributed by atoms with van der Waals surface area (Å²) in [6.45, 7) is 2.97. The number of rotatable bonds is 4. The summed E-state index contributed by atoms with van der Waals surface area (Å²) in [6, 6.07) is 5.97. The first-order chi connectivity index (χ1) is 10.8. The number of hydrogen-bond donors (Lipinski definition) is 1. The topological polar surface area (TPSA) is 99.6 Å². The van der Waals surface area contributed by atoms with Crippen LogP contribution in [0.3, 0.4) is 0 Å². The van der Waals surface area contributed by atoms with Gasteiger partial charge in [0.2, 0.25) is 6.10 Å². The molecule has 1 heterocycles. The van der Waals surface area contributed by atoms with Gasteiger partial charge in [-0.3, -0.25) is 4.79 Å². The van der Waals surface area contributed by atoms with Crippen LogP contribution in [0.1, 0.15) is 33.3 Å². The first-order valence-electron chi connectivity index (χ1n) is 6.66. The number of carbonyl (C=O) groups excluding carboxylic acids is 2. The lowest BCUT2D eigenvalue weighted by molar-refractivity contribution is -0.127. The number of halogens is 1. The summed E-state index contributed by atoms with van der Waals surface area (Å²) < 4.78 is 22.9. The third kappa shape index (κ3) is 3.63. The molecule has 2 aromatic rings. The van der Waals surface area contributed by atoms with Gasteiger partial charge < -0.3 is 14.9 Å². The molecule has 0 fully saturated rings. The van der Waals surface area contributed by atoms with E-state index in [0.717, 1.165) is 18.2 Å². The van der Waals surface area contributed by atoms with Crippen LogP contribution in [0.5, 0.6) is 0 Å². The van der Waals surface area contributed by atoms with E-state index in [1.807, 2.05) is 0 Å². The maximum absolute atomic E-state index is 13.0. The van der Waals surface area contributed by atoms with Gasteiger partial charge in [0.15, 0.2) is 0 Å². The number of nitrogens with two attached hydrogens (primary N) is 1. The molecule has 0 bridgehead atoms. The Labute approximate surface area is 130 Å². The van der Waals surface area contributed by atoms with Crippen molar-refractivity contribution in [2.24, 2.45) is 5.73 Å². The molecule has 23 heavy (non-hydrogen) atoms. The van der Waals surface area contributed by atoms with Crippen LogP contribution in [-0.2, 0) is 9.53 Å². The molecule has 0 saturated heterocycles. The molecule has 0 radical (unpaired) electrons. The highest BCUT2D eigenvalue weighted by atomic mass is 19.1. The van der Waals surface area contributed by atoms with Crippen molar-refractivity contribution in [3.63, 3.8) is 0 Å². The van der Waals surface area contributed by atoms with Crippen LogP contribution in [0, 0.1) is 19.7 Å². The standard InChI is InChI=1S/C16H14FNO5/c1-8-7-12(19)22-9(2)13(8)16(21)23-14(15(18)20)10-3-5-11(17)6-4-10/h3-7,14H,1-2H3,(H2,18,20)/t14-/m0/s1. The van der Waals surface area contributed by atoms with Crippen LogP contribution >= 0.6 is 0 Å². The van der Waals surface area contributed by atoms with Crippen LogP contribution in [0.15, 0.2) is 39.5 Å². The highest BCUT2D eigenvalue weighted by molar-refractivity contribution is 5.94. The monoisotopic (exact) mass is 319 g/mol. The second-order valence-electron chi connectivity index (χ2n) is 4.92. The summed E-state index contributed by atoms with van der Waals surface area (Å²) in [4.78, 5) is 35.1. The van der Waals surface area contributed by atoms with Crippen molar-refractivity contribution in [2.75, 3.05) is 0 Å². The fourth-order valence-electron chi connectivity index (χ4n) is 2.16. The summed E-state index contributed by atoms with van der Waals surface area (Å²) >= 11 is 0. The zero-order chi connectivity index (χ0) is 17.1. The van der Waals surface area contributed by atoms with Gasteiger partial charge in [-0.25, -0.2) is 14.0 Å². The fourth-order valence-corrected chi connectivity index (χ4v) is 2.16. The molecular weight excluding hydrogens is 305 g/mol. The number of amides is 1. The SMILES string of the molecule is Cc1cc(=O)oc(C)c1C(=O)O[C@H](C(N)=O)c1ccc(F)cc1. The third-order valence-corrected chi connectivity index (χ3v) is 3.19. The second kappa shape index (κ2) is 6.43. The first-order valence-corrected chi connectivity index (χ1v) is 6.66. The van der Waals surface area contributed by atoms with E-state index in [2.05, 4.69) is 0 Å². The Balaban J connectivity index is 2.34. The van der Waals surface area contributed by atoms with Crippen molar-refractivity contribution in [3.8, 4) is 0 Å².